The third-order valence-corrected chi connectivity index (χ3v) is 3.54. The van der Waals surface area contributed by atoms with E-state index in [0.29, 0.717) is 17.6 Å². The maximum Gasteiger partial charge on any atom is 0.0581 e. The minimum absolute atomic E-state index is 0.402. The van der Waals surface area contributed by atoms with Gasteiger partial charge in [0.05, 0.1) is 6.10 Å². The number of ether oxygens (including phenoxy) is 1. The van der Waals surface area contributed by atoms with Gasteiger partial charge in [0.1, 0.15) is 0 Å². The fourth-order valence-electron chi connectivity index (χ4n) is 2.15. The molecule has 0 aromatic carbocycles. The quantitative estimate of drug-likeness (QED) is 0.732. The van der Waals surface area contributed by atoms with Crippen LogP contribution in [0, 0.1) is 5.41 Å². The van der Waals surface area contributed by atoms with Crippen LogP contribution < -0.4 is 5.32 Å². The Hall–Kier alpha value is -0.0800. The molecule has 2 atom stereocenters. The zero-order valence-electron chi connectivity index (χ0n) is 10.8. The first-order chi connectivity index (χ1) is 7.06. The smallest absolute Gasteiger partial charge is 0.0581 e. The molecule has 0 aliphatic carbocycles. The van der Waals surface area contributed by atoms with Gasteiger partial charge in [-0.1, -0.05) is 27.7 Å². The molecule has 1 rings (SSSR count). The van der Waals surface area contributed by atoms with Crippen molar-refractivity contribution in [1.82, 2.24) is 5.32 Å². The molecule has 0 saturated carbocycles. The van der Waals surface area contributed by atoms with Crippen LogP contribution in [0.3, 0.4) is 0 Å². The SMILES string of the molecule is CCC(C)(CNC(C)C)CC1CCCO1. The Labute approximate surface area is 94.8 Å². The first-order valence-electron chi connectivity index (χ1n) is 6.41. The van der Waals surface area contributed by atoms with E-state index in [1.54, 1.807) is 0 Å². The van der Waals surface area contributed by atoms with Gasteiger partial charge in [-0.3, -0.25) is 0 Å². The summed E-state index contributed by atoms with van der Waals surface area (Å²) >= 11 is 0. The van der Waals surface area contributed by atoms with E-state index in [1.807, 2.05) is 0 Å². The van der Waals surface area contributed by atoms with Crippen molar-refractivity contribution >= 4 is 0 Å². The average Bonchev–Trinajstić information content (AvgIpc) is 2.67. The van der Waals surface area contributed by atoms with Crippen LogP contribution in [-0.2, 0) is 4.74 Å². The number of nitrogens with one attached hydrogen (secondary N) is 1. The second kappa shape index (κ2) is 5.86. The van der Waals surface area contributed by atoms with E-state index in [9.17, 15) is 0 Å². The molecule has 0 amide bonds. The molecular formula is C13H27NO. The molecular weight excluding hydrogens is 186 g/mol. The first-order valence-corrected chi connectivity index (χ1v) is 6.41. The predicted molar refractivity (Wildman–Crippen MR) is 65.1 cm³/mol. The van der Waals surface area contributed by atoms with Crippen molar-refractivity contribution in [3.8, 4) is 0 Å². The highest BCUT2D eigenvalue weighted by atomic mass is 16.5. The molecule has 1 aliphatic rings. The number of hydrogen-bond acceptors (Lipinski definition) is 2. The average molecular weight is 213 g/mol. The van der Waals surface area contributed by atoms with E-state index in [0.717, 1.165) is 13.2 Å². The second-order valence-corrected chi connectivity index (χ2v) is 5.54. The molecule has 1 N–H and O–H groups in total. The van der Waals surface area contributed by atoms with E-state index in [-0.39, 0.29) is 0 Å². The van der Waals surface area contributed by atoms with Crippen molar-refractivity contribution in [1.29, 1.82) is 0 Å². The van der Waals surface area contributed by atoms with Crippen LogP contribution in [0.5, 0.6) is 0 Å². The van der Waals surface area contributed by atoms with Crippen LogP contribution in [0.4, 0.5) is 0 Å². The van der Waals surface area contributed by atoms with Gasteiger partial charge < -0.3 is 10.1 Å². The molecule has 0 aromatic rings. The Morgan fingerprint density at radius 2 is 2.20 bits per heavy atom. The largest absolute Gasteiger partial charge is 0.378 e. The minimum atomic E-state index is 0.402. The Morgan fingerprint density at radius 1 is 1.47 bits per heavy atom. The summed E-state index contributed by atoms with van der Waals surface area (Å²) in [6, 6.07) is 0.584. The zero-order valence-corrected chi connectivity index (χ0v) is 10.8. The summed E-state index contributed by atoms with van der Waals surface area (Å²) in [6.45, 7) is 11.2. The standard InChI is InChI=1S/C13H27NO/c1-5-13(4,10-14-11(2)3)9-12-7-6-8-15-12/h11-12,14H,5-10H2,1-4H3. The third-order valence-electron chi connectivity index (χ3n) is 3.54. The van der Waals surface area contributed by atoms with Gasteiger partial charge in [-0.15, -0.1) is 0 Å². The van der Waals surface area contributed by atoms with Gasteiger partial charge >= 0.3 is 0 Å². The maximum absolute atomic E-state index is 5.73. The summed E-state index contributed by atoms with van der Waals surface area (Å²) in [5.41, 5.74) is 0.402. The third kappa shape index (κ3) is 4.52. The van der Waals surface area contributed by atoms with E-state index in [1.165, 1.54) is 25.7 Å². The lowest BCUT2D eigenvalue weighted by Crippen LogP contribution is -2.37. The molecule has 0 aromatic heterocycles. The number of rotatable bonds is 6. The Kier molecular flexibility index (Phi) is 5.07. The molecule has 0 bridgehead atoms. The van der Waals surface area contributed by atoms with Gasteiger partial charge in [-0.2, -0.15) is 0 Å². The van der Waals surface area contributed by atoms with Crippen LogP contribution >= 0.6 is 0 Å². The van der Waals surface area contributed by atoms with Crippen LogP contribution in [0.15, 0.2) is 0 Å². The van der Waals surface area contributed by atoms with Gasteiger partial charge in [-0.05, 0) is 31.1 Å². The summed E-state index contributed by atoms with van der Waals surface area (Å²) in [4.78, 5) is 0. The van der Waals surface area contributed by atoms with E-state index < -0.39 is 0 Å². The van der Waals surface area contributed by atoms with Crippen molar-refractivity contribution in [3.05, 3.63) is 0 Å². The number of hydrogen-bond donors (Lipinski definition) is 1. The highest BCUT2D eigenvalue weighted by Gasteiger charge is 2.28. The van der Waals surface area contributed by atoms with Crippen LogP contribution in [0.2, 0.25) is 0 Å². The van der Waals surface area contributed by atoms with Gasteiger partial charge in [0.25, 0.3) is 0 Å². The molecule has 2 heteroatoms. The van der Waals surface area contributed by atoms with E-state index >= 15 is 0 Å². The van der Waals surface area contributed by atoms with Crippen molar-refractivity contribution in [3.63, 3.8) is 0 Å². The lowest BCUT2D eigenvalue weighted by molar-refractivity contribution is 0.0637. The molecule has 2 unspecified atom stereocenters. The molecule has 0 spiro atoms. The van der Waals surface area contributed by atoms with Gasteiger partial charge in [0, 0.05) is 19.2 Å². The normalized spacial score (nSPS) is 25.8. The molecule has 1 saturated heterocycles. The summed E-state index contributed by atoms with van der Waals surface area (Å²) in [6.07, 6.45) is 5.47. The van der Waals surface area contributed by atoms with E-state index in [2.05, 4.69) is 33.0 Å². The fraction of sp³-hybridized carbons (Fsp3) is 1.00. The highest BCUT2D eigenvalue weighted by Crippen LogP contribution is 2.31. The van der Waals surface area contributed by atoms with Crippen LogP contribution in [-0.4, -0.2) is 25.3 Å². The molecule has 1 heterocycles. The van der Waals surface area contributed by atoms with Crippen molar-refractivity contribution < 1.29 is 4.74 Å². The minimum Gasteiger partial charge on any atom is -0.378 e. The summed E-state index contributed by atoms with van der Waals surface area (Å²) in [5, 5.41) is 3.56. The van der Waals surface area contributed by atoms with Crippen LogP contribution in [0.1, 0.15) is 53.4 Å². The molecule has 2 nitrogen and oxygen atoms in total. The summed E-state index contributed by atoms with van der Waals surface area (Å²) in [5.74, 6) is 0. The second-order valence-electron chi connectivity index (χ2n) is 5.54. The molecule has 1 aliphatic heterocycles. The lowest BCUT2D eigenvalue weighted by Gasteiger charge is -2.32. The van der Waals surface area contributed by atoms with Gasteiger partial charge in [-0.25, -0.2) is 0 Å². The van der Waals surface area contributed by atoms with E-state index in [4.69, 9.17) is 4.74 Å². The predicted octanol–water partition coefficient (Wildman–Crippen LogP) is 2.97. The molecule has 1 fully saturated rings. The topological polar surface area (TPSA) is 21.3 Å². The summed E-state index contributed by atoms with van der Waals surface area (Å²) in [7, 11) is 0. The molecule has 15 heavy (non-hydrogen) atoms. The summed E-state index contributed by atoms with van der Waals surface area (Å²) < 4.78 is 5.73. The van der Waals surface area contributed by atoms with Crippen molar-refractivity contribution in [2.75, 3.05) is 13.2 Å². The lowest BCUT2D eigenvalue weighted by atomic mass is 9.81. The Morgan fingerprint density at radius 3 is 2.67 bits per heavy atom. The first kappa shape index (κ1) is 13.0. The van der Waals surface area contributed by atoms with Gasteiger partial charge in [0.15, 0.2) is 0 Å². The maximum atomic E-state index is 5.73. The fourth-order valence-corrected chi connectivity index (χ4v) is 2.15. The Bertz CT molecular complexity index is 175. The molecule has 90 valence electrons. The van der Waals surface area contributed by atoms with Crippen molar-refractivity contribution in [2.45, 2.75) is 65.5 Å². The van der Waals surface area contributed by atoms with Crippen LogP contribution in [0.25, 0.3) is 0 Å². The van der Waals surface area contributed by atoms with Gasteiger partial charge in [0.2, 0.25) is 0 Å². The highest BCUT2D eigenvalue weighted by molar-refractivity contribution is 4.81. The van der Waals surface area contributed by atoms with Crippen molar-refractivity contribution in [2.24, 2.45) is 5.41 Å². The molecule has 0 radical (unpaired) electrons. The zero-order chi connectivity index (χ0) is 11.3. The Balaban J connectivity index is 2.36. The monoisotopic (exact) mass is 213 g/mol.